The molecule has 0 amide bonds. The second-order valence-corrected chi connectivity index (χ2v) is 9.54. The van der Waals surface area contributed by atoms with Gasteiger partial charge in [0.1, 0.15) is 17.2 Å². The summed E-state index contributed by atoms with van der Waals surface area (Å²) in [5.41, 5.74) is 1.29. The molecule has 0 bridgehead atoms. The lowest BCUT2D eigenvalue weighted by molar-refractivity contribution is -0.384. The molecule has 44 heavy (non-hydrogen) atoms. The highest BCUT2D eigenvalue weighted by atomic mass is 19.4. The Morgan fingerprint density at radius 1 is 1.09 bits per heavy atom. The number of aliphatic imine (C=N–C) groups is 1. The maximum atomic E-state index is 14.9. The second-order valence-electron chi connectivity index (χ2n) is 9.54. The SMILES string of the molecule is COc1ccc(-n2c(=O)c(C(CN(C)C)=Nc3ccc([N+](=O)[O-])cc3)c(N)n(Cc3c(F)cccc3C(F)(F)F)c2=O)nn1. The van der Waals surface area contributed by atoms with Gasteiger partial charge >= 0.3 is 11.9 Å². The first-order chi connectivity index (χ1) is 20.7. The second kappa shape index (κ2) is 12.4. The highest BCUT2D eigenvalue weighted by molar-refractivity contribution is 6.06. The number of likely N-dealkylation sites (N-methyl/N-ethyl adjacent to an activating group) is 1. The lowest BCUT2D eigenvalue weighted by Gasteiger charge is -2.20. The van der Waals surface area contributed by atoms with Crippen LogP contribution in [0.3, 0.4) is 0 Å². The van der Waals surface area contributed by atoms with Crippen LogP contribution in [-0.4, -0.2) is 62.6 Å². The topological polar surface area (TPSA) is 164 Å². The van der Waals surface area contributed by atoms with Crippen LogP contribution >= 0.6 is 0 Å². The van der Waals surface area contributed by atoms with Gasteiger partial charge in [0.15, 0.2) is 5.82 Å². The minimum Gasteiger partial charge on any atom is -0.480 e. The monoisotopic (exact) mass is 616 g/mol. The molecule has 17 heteroatoms. The van der Waals surface area contributed by atoms with E-state index in [0.717, 1.165) is 12.1 Å². The average molecular weight is 617 g/mol. The number of anilines is 1. The number of non-ortho nitro benzene ring substituents is 1. The molecule has 2 aromatic heterocycles. The molecular weight excluding hydrogens is 592 g/mol. The third kappa shape index (κ3) is 6.46. The molecule has 4 aromatic rings. The third-order valence-corrected chi connectivity index (χ3v) is 6.27. The lowest BCUT2D eigenvalue weighted by Crippen LogP contribution is -2.45. The Labute approximate surface area is 245 Å². The van der Waals surface area contributed by atoms with E-state index in [9.17, 15) is 37.3 Å². The lowest BCUT2D eigenvalue weighted by atomic mass is 10.1. The van der Waals surface area contributed by atoms with Gasteiger partial charge in [0.05, 0.1) is 35.5 Å². The third-order valence-electron chi connectivity index (χ3n) is 6.27. The van der Waals surface area contributed by atoms with Crippen molar-refractivity contribution in [3.8, 4) is 11.7 Å². The highest BCUT2D eigenvalue weighted by Crippen LogP contribution is 2.33. The molecule has 0 aliphatic carbocycles. The number of alkyl halides is 3. The number of nitrogens with zero attached hydrogens (tertiary/aromatic N) is 7. The van der Waals surface area contributed by atoms with Crippen molar-refractivity contribution in [3.63, 3.8) is 0 Å². The van der Waals surface area contributed by atoms with Crippen molar-refractivity contribution in [2.75, 3.05) is 33.5 Å². The normalized spacial score (nSPS) is 12.0. The number of ether oxygens (including phenoxy) is 1. The molecule has 230 valence electrons. The van der Waals surface area contributed by atoms with E-state index in [1.165, 1.54) is 43.5 Å². The summed E-state index contributed by atoms with van der Waals surface area (Å²) in [5.74, 6) is -2.16. The molecule has 0 atom stereocenters. The molecule has 0 aliphatic heterocycles. The van der Waals surface area contributed by atoms with Crippen molar-refractivity contribution in [2.45, 2.75) is 12.7 Å². The summed E-state index contributed by atoms with van der Waals surface area (Å²) in [7, 11) is 4.55. The molecule has 0 radical (unpaired) electrons. The number of aromatic nitrogens is 4. The smallest absolute Gasteiger partial charge is 0.416 e. The Morgan fingerprint density at radius 2 is 1.77 bits per heavy atom. The summed E-state index contributed by atoms with van der Waals surface area (Å²) in [6, 6.07) is 9.80. The first-order valence-electron chi connectivity index (χ1n) is 12.6. The number of nitro groups is 1. The zero-order valence-corrected chi connectivity index (χ0v) is 23.4. The average Bonchev–Trinajstić information content (AvgIpc) is 2.95. The fraction of sp³-hybridized carbons (Fsp3) is 0.222. The first-order valence-corrected chi connectivity index (χ1v) is 12.6. The number of rotatable bonds is 9. The van der Waals surface area contributed by atoms with Crippen LogP contribution in [0.1, 0.15) is 16.7 Å². The zero-order valence-electron chi connectivity index (χ0n) is 23.4. The van der Waals surface area contributed by atoms with E-state index in [1.807, 2.05) is 0 Å². The maximum absolute atomic E-state index is 14.9. The summed E-state index contributed by atoms with van der Waals surface area (Å²) in [4.78, 5) is 44.2. The van der Waals surface area contributed by atoms with Crippen LogP contribution in [0, 0.1) is 15.9 Å². The number of nitro benzene ring substituents is 1. The van der Waals surface area contributed by atoms with Crippen LogP contribution in [0.2, 0.25) is 0 Å². The van der Waals surface area contributed by atoms with Crippen LogP contribution in [-0.2, 0) is 12.7 Å². The molecule has 4 rings (SSSR count). The van der Waals surface area contributed by atoms with E-state index in [2.05, 4.69) is 15.2 Å². The first kappa shape index (κ1) is 31.5. The van der Waals surface area contributed by atoms with Gasteiger partial charge in [-0.05, 0) is 44.4 Å². The fourth-order valence-corrected chi connectivity index (χ4v) is 4.25. The summed E-state index contributed by atoms with van der Waals surface area (Å²) >= 11 is 0. The molecule has 0 unspecified atom stereocenters. The number of hydrogen-bond donors (Lipinski definition) is 1. The summed E-state index contributed by atoms with van der Waals surface area (Å²) in [5, 5.41) is 18.7. The van der Waals surface area contributed by atoms with Crippen LogP contribution < -0.4 is 21.7 Å². The van der Waals surface area contributed by atoms with E-state index in [-0.39, 0.29) is 35.3 Å². The zero-order chi connectivity index (χ0) is 32.3. The Morgan fingerprint density at radius 3 is 2.32 bits per heavy atom. The minimum absolute atomic E-state index is 0.0343. The van der Waals surface area contributed by atoms with Gasteiger partial charge in [-0.15, -0.1) is 10.2 Å². The molecule has 0 fully saturated rings. The maximum Gasteiger partial charge on any atom is 0.416 e. The van der Waals surface area contributed by atoms with Crippen molar-refractivity contribution in [3.05, 3.63) is 108 Å². The minimum atomic E-state index is -4.98. The van der Waals surface area contributed by atoms with Crippen LogP contribution in [0.15, 0.2) is 69.2 Å². The van der Waals surface area contributed by atoms with Crippen molar-refractivity contribution in [1.29, 1.82) is 0 Å². The Balaban J connectivity index is 2.06. The van der Waals surface area contributed by atoms with E-state index in [1.54, 1.807) is 19.0 Å². The number of methoxy groups -OCH3 is 1. The largest absolute Gasteiger partial charge is 0.480 e. The summed E-state index contributed by atoms with van der Waals surface area (Å²) in [6.45, 7) is -1.10. The van der Waals surface area contributed by atoms with E-state index >= 15 is 0 Å². The van der Waals surface area contributed by atoms with Gasteiger partial charge in [-0.1, -0.05) is 6.07 Å². The number of halogens is 4. The molecule has 0 saturated carbocycles. The Bertz CT molecular complexity index is 1850. The molecule has 13 nitrogen and oxygen atoms in total. The Hall–Kier alpha value is -5.45. The molecular formula is C27H24F4N8O5. The van der Waals surface area contributed by atoms with Crippen molar-refractivity contribution >= 4 is 22.9 Å². The van der Waals surface area contributed by atoms with Crippen molar-refractivity contribution in [1.82, 2.24) is 24.2 Å². The quantitative estimate of drug-likeness (QED) is 0.129. The van der Waals surface area contributed by atoms with E-state index in [0.29, 0.717) is 15.2 Å². The van der Waals surface area contributed by atoms with Gasteiger partial charge < -0.3 is 15.4 Å². The number of nitrogens with two attached hydrogens (primary N) is 1. The summed E-state index contributed by atoms with van der Waals surface area (Å²) in [6.07, 6.45) is -4.98. The number of hydrogen-bond acceptors (Lipinski definition) is 10. The van der Waals surface area contributed by atoms with Gasteiger partial charge in [-0.25, -0.2) is 13.8 Å². The Kier molecular flexibility index (Phi) is 8.89. The van der Waals surface area contributed by atoms with Crippen molar-refractivity contribution < 1.29 is 27.2 Å². The van der Waals surface area contributed by atoms with Gasteiger partial charge in [-0.3, -0.25) is 24.5 Å². The standard InChI is InChI=1S/C27H24F4N8O5/c1-36(2)14-20(33-15-7-9-16(10-8-15)39(42)43)23-24(32)37(13-17-18(27(29,30)31)5-4-6-19(17)28)26(41)38(25(23)40)21-11-12-22(44-3)35-34-21/h4-12H,13-14,32H2,1-3H3. The molecule has 0 spiro atoms. The van der Waals surface area contributed by atoms with Gasteiger partial charge in [0.25, 0.3) is 11.2 Å². The number of benzene rings is 2. The molecule has 0 aliphatic rings. The predicted octanol–water partition coefficient (Wildman–Crippen LogP) is 3.18. The van der Waals surface area contributed by atoms with Gasteiger partial charge in [0, 0.05) is 30.3 Å². The molecule has 2 heterocycles. The molecule has 2 N–H and O–H groups in total. The van der Waals surface area contributed by atoms with E-state index in [4.69, 9.17) is 10.5 Å². The van der Waals surface area contributed by atoms with Crippen LogP contribution in [0.5, 0.6) is 5.88 Å². The van der Waals surface area contributed by atoms with Gasteiger partial charge in [-0.2, -0.15) is 13.2 Å². The van der Waals surface area contributed by atoms with Gasteiger partial charge in [0.2, 0.25) is 5.88 Å². The summed E-state index contributed by atoms with van der Waals surface area (Å²) < 4.78 is 62.5. The predicted molar refractivity (Wildman–Crippen MR) is 151 cm³/mol. The number of nitrogen functional groups attached to an aromatic ring is 1. The molecule has 0 saturated heterocycles. The van der Waals surface area contributed by atoms with E-state index < -0.39 is 57.2 Å². The molecule has 2 aromatic carbocycles. The van der Waals surface area contributed by atoms with Crippen molar-refractivity contribution in [2.24, 2.45) is 4.99 Å². The fourth-order valence-electron chi connectivity index (χ4n) is 4.25. The van der Waals surface area contributed by atoms with Crippen LogP contribution in [0.4, 0.5) is 34.8 Å². The van der Waals surface area contributed by atoms with Crippen LogP contribution in [0.25, 0.3) is 5.82 Å². The highest BCUT2D eigenvalue weighted by Gasteiger charge is 2.35.